The van der Waals surface area contributed by atoms with Gasteiger partial charge >= 0.3 is 6.03 Å². The number of benzene rings is 1. The van der Waals surface area contributed by atoms with Gasteiger partial charge in [-0.3, -0.25) is 4.72 Å². The van der Waals surface area contributed by atoms with Gasteiger partial charge < -0.3 is 15.1 Å². The molecular weight excluding hydrogens is 364 g/mol. The van der Waals surface area contributed by atoms with Crippen molar-refractivity contribution in [3.05, 3.63) is 23.8 Å². The van der Waals surface area contributed by atoms with Crippen LogP contribution < -0.4 is 14.9 Å². The molecule has 0 aromatic heterocycles. The number of nitrogens with one attached hydrogen (secondary N) is 2. The molecule has 0 aliphatic rings. The number of amides is 2. The third-order valence-electron chi connectivity index (χ3n) is 4.36. The molecule has 1 unspecified atom stereocenters. The number of nitrogens with zero attached hydrogens (tertiary/aromatic N) is 2. The van der Waals surface area contributed by atoms with Gasteiger partial charge in [-0.1, -0.05) is 13.8 Å². The van der Waals surface area contributed by atoms with E-state index in [0.717, 1.165) is 17.7 Å². The first-order chi connectivity index (χ1) is 12.6. The van der Waals surface area contributed by atoms with Gasteiger partial charge in [0.05, 0.1) is 5.75 Å². The number of anilines is 2. The van der Waals surface area contributed by atoms with Gasteiger partial charge in [-0.05, 0) is 50.5 Å². The predicted octanol–water partition coefficient (Wildman–Crippen LogP) is 3.23. The van der Waals surface area contributed by atoms with E-state index in [-0.39, 0.29) is 17.8 Å². The zero-order valence-electron chi connectivity index (χ0n) is 17.4. The van der Waals surface area contributed by atoms with Crippen LogP contribution in [0.5, 0.6) is 0 Å². The Morgan fingerprint density at radius 3 is 2.37 bits per heavy atom. The van der Waals surface area contributed by atoms with Crippen LogP contribution in [0.4, 0.5) is 16.2 Å². The van der Waals surface area contributed by atoms with Crippen molar-refractivity contribution in [2.24, 2.45) is 0 Å². The highest BCUT2D eigenvalue weighted by Crippen LogP contribution is 2.26. The van der Waals surface area contributed by atoms with Crippen molar-refractivity contribution < 1.29 is 13.2 Å². The molecule has 0 radical (unpaired) electrons. The third kappa shape index (κ3) is 6.93. The van der Waals surface area contributed by atoms with E-state index in [1.165, 1.54) is 0 Å². The molecule has 0 heterocycles. The molecule has 1 aromatic carbocycles. The molecule has 2 N–H and O–H groups in total. The number of carbonyl (C=O) groups is 1. The minimum atomic E-state index is -3.37. The summed E-state index contributed by atoms with van der Waals surface area (Å²) in [4.78, 5) is 16.3. The summed E-state index contributed by atoms with van der Waals surface area (Å²) >= 11 is 0. The van der Waals surface area contributed by atoms with Crippen molar-refractivity contribution in [1.29, 1.82) is 0 Å². The van der Waals surface area contributed by atoms with Gasteiger partial charge in [0.1, 0.15) is 0 Å². The Hall–Kier alpha value is -1.96. The van der Waals surface area contributed by atoms with Gasteiger partial charge in [-0.2, -0.15) is 0 Å². The van der Waals surface area contributed by atoms with E-state index in [1.807, 2.05) is 58.8 Å². The molecule has 0 saturated carbocycles. The van der Waals surface area contributed by atoms with Crippen LogP contribution >= 0.6 is 0 Å². The summed E-state index contributed by atoms with van der Waals surface area (Å²) < 4.78 is 26.8. The van der Waals surface area contributed by atoms with Crippen LogP contribution in [0.1, 0.15) is 46.1 Å². The van der Waals surface area contributed by atoms with Gasteiger partial charge in [0.25, 0.3) is 0 Å². The fourth-order valence-corrected chi connectivity index (χ4v) is 3.92. The highest BCUT2D eigenvalue weighted by atomic mass is 32.2. The second-order valence-corrected chi connectivity index (χ2v) is 8.72. The quantitative estimate of drug-likeness (QED) is 0.634. The number of hydrogen-bond acceptors (Lipinski definition) is 4. The standard InChI is InChI=1S/C19H34N4O3S/c1-7-12-27(25,26)21-17-10-11-18(22(5)6)16(13-17)14-23(15(4)8-2)19(24)20-9-3/h10-11,13,15,21H,7-9,12,14H2,1-6H3,(H,20,24). The summed E-state index contributed by atoms with van der Waals surface area (Å²) in [5.74, 6) is 0.0790. The largest absolute Gasteiger partial charge is 0.377 e. The number of sulfonamides is 1. The molecule has 1 atom stereocenters. The van der Waals surface area contributed by atoms with E-state index in [4.69, 9.17) is 0 Å². The van der Waals surface area contributed by atoms with Gasteiger partial charge in [-0.25, -0.2) is 13.2 Å². The molecular formula is C19H34N4O3S. The van der Waals surface area contributed by atoms with Crippen LogP contribution in [-0.4, -0.2) is 51.8 Å². The fraction of sp³-hybridized carbons (Fsp3) is 0.632. The van der Waals surface area contributed by atoms with E-state index in [2.05, 4.69) is 10.0 Å². The van der Waals surface area contributed by atoms with Crippen LogP contribution in [0.25, 0.3) is 0 Å². The molecule has 154 valence electrons. The number of urea groups is 1. The molecule has 1 aromatic rings. The molecule has 7 nitrogen and oxygen atoms in total. The van der Waals surface area contributed by atoms with Crippen LogP contribution in [0.2, 0.25) is 0 Å². The van der Waals surface area contributed by atoms with Gasteiger partial charge in [-0.15, -0.1) is 0 Å². The maximum atomic E-state index is 12.5. The van der Waals surface area contributed by atoms with E-state index < -0.39 is 10.0 Å². The Morgan fingerprint density at radius 1 is 1.19 bits per heavy atom. The average molecular weight is 399 g/mol. The Balaban J connectivity index is 3.24. The number of carbonyl (C=O) groups excluding carboxylic acids is 1. The minimum absolute atomic E-state index is 0.0620. The van der Waals surface area contributed by atoms with Gasteiger partial charge in [0.15, 0.2) is 0 Å². The molecule has 0 fully saturated rings. The maximum absolute atomic E-state index is 12.5. The molecule has 0 spiro atoms. The molecule has 8 heteroatoms. The molecule has 0 saturated heterocycles. The second-order valence-electron chi connectivity index (χ2n) is 6.88. The molecule has 1 rings (SSSR count). The summed E-state index contributed by atoms with van der Waals surface area (Å²) in [5.41, 5.74) is 2.36. The first kappa shape index (κ1) is 23.1. The van der Waals surface area contributed by atoms with Crippen LogP contribution in [0, 0.1) is 0 Å². The zero-order chi connectivity index (χ0) is 20.6. The van der Waals surface area contributed by atoms with Crippen molar-refractivity contribution >= 4 is 27.4 Å². The zero-order valence-corrected chi connectivity index (χ0v) is 18.2. The molecule has 27 heavy (non-hydrogen) atoms. The Bertz CT molecular complexity index is 720. The third-order valence-corrected chi connectivity index (χ3v) is 5.85. The monoisotopic (exact) mass is 398 g/mol. The highest BCUT2D eigenvalue weighted by molar-refractivity contribution is 7.92. The van der Waals surface area contributed by atoms with Crippen LogP contribution in [0.15, 0.2) is 18.2 Å². The van der Waals surface area contributed by atoms with Crippen molar-refractivity contribution in [2.75, 3.05) is 36.0 Å². The van der Waals surface area contributed by atoms with Crippen LogP contribution in [-0.2, 0) is 16.6 Å². The van der Waals surface area contributed by atoms with E-state index in [9.17, 15) is 13.2 Å². The van der Waals surface area contributed by atoms with Crippen molar-refractivity contribution in [3.63, 3.8) is 0 Å². The number of hydrogen-bond donors (Lipinski definition) is 2. The first-order valence-corrected chi connectivity index (χ1v) is 11.2. The molecule has 0 bridgehead atoms. The van der Waals surface area contributed by atoms with Crippen molar-refractivity contribution in [1.82, 2.24) is 10.2 Å². The smallest absolute Gasteiger partial charge is 0.317 e. The summed E-state index contributed by atoms with van der Waals surface area (Å²) in [6.45, 7) is 8.73. The maximum Gasteiger partial charge on any atom is 0.317 e. The topological polar surface area (TPSA) is 81.8 Å². The molecule has 2 amide bonds. The van der Waals surface area contributed by atoms with Crippen molar-refractivity contribution in [3.8, 4) is 0 Å². The lowest BCUT2D eigenvalue weighted by Crippen LogP contribution is -2.44. The fourth-order valence-electron chi connectivity index (χ4n) is 2.80. The summed E-state index contributed by atoms with van der Waals surface area (Å²) in [5, 5.41) is 2.86. The normalized spacial score (nSPS) is 12.4. The predicted molar refractivity (Wildman–Crippen MR) is 113 cm³/mol. The summed E-state index contributed by atoms with van der Waals surface area (Å²) in [6, 6.07) is 5.40. The first-order valence-electron chi connectivity index (χ1n) is 9.50. The highest BCUT2D eigenvalue weighted by Gasteiger charge is 2.21. The average Bonchev–Trinajstić information content (AvgIpc) is 2.58. The molecule has 0 aliphatic carbocycles. The summed E-state index contributed by atoms with van der Waals surface area (Å²) in [7, 11) is 0.495. The lowest BCUT2D eigenvalue weighted by molar-refractivity contribution is 0.174. The van der Waals surface area contributed by atoms with Crippen LogP contribution in [0.3, 0.4) is 0 Å². The van der Waals surface area contributed by atoms with Crippen molar-refractivity contribution in [2.45, 2.75) is 53.1 Å². The summed E-state index contributed by atoms with van der Waals surface area (Å²) in [6.07, 6.45) is 1.38. The Kier molecular flexibility index (Phi) is 8.88. The molecule has 0 aliphatic heterocycles. The lowest BCUT2D eigenvalue weighted by atomic mass is 10.1. The van der Waals surface area contributed by atoms with E-state index >= 15 is 0 Å². The SMILES string of the molecule is CCCS(=O)(=O)Nc1ccc(N(C)C)c(CN(C(=O)NCC)C(C)CC)c1. The Labute approximate surface area is 164 Å². The Morgan fingerprint density at radius 2 is 1.85 bits per heavy atom. The van der Waals surface area contributed by atoms with E-state index in [1.54, 1.807) is 11.0 Å². The number of rotatable bonds is 10. The minimum Gasteiger partial charge on any atom is -0.377 e. The van der Waals surface area contributed by atoms with Gasteiger partial charge in [0.2, 0.25) is 10.0 Å². The lowest BCUT2D eigenvalue weighted by Gasteiger charge is -2.30. The van der Waals surface area contributed by atoms with E-state index in [0.29, 0.717) is 25.2 Å². The second kappa shape index (κ2) is 10.4. The van der Waals surface area contributed by atoms with Gasteiger partial charge in [0, 0.05) is 44.6 Å².